The van der Waals surface area contributed by atoms with Crippen molar-refractivity contribution in [2.75, 3.05) is 6.54 Å². The van der Waals surface area contributed by atoms with Crippen molar-refractivity contribution in [1.82, 2.24) is 20.1 Å². The minimum absolute atomic E-state index is 0.168. The first kappa shape index (κ1) is 15.7. The number of carbonyl (C=O) groups is 2. The number of aromatic nitrogens is 3. The first-order valence-corrected chi connectivity index (χ1v) is 7.13. The molecule has 0 atom stereocenters. The lowest BCUT2D eigenvalue weighted by molar-refractivity contribution is -0.137. The van der Waals surface area contributed by atoms with Gasteiger partial charge in [0.15, 0.2) is 0 Å². The summed E-state index contributed by atoms with van der Waals surface area (Å²) in [6.07, 6.45) is 7.33. The average molecular weight is 302 g/mol. The van der Waals surface area contributed by atoms with E-state index in [0.29, 0.717) is 18.7 Å². The molecule has 22 heavy (non-hydrogen) atoms. The summed E-state index contributed by atoms with van der Waals surface area (Å²) in [5, 5.41) is 15.4. The highest BCUT2D eigenvalue weighted by Crippen LogP contribution is 2.07. The lowest BCUT2D eigenvalue weighted by Crippen LogP contribution is -2.25. The third-order valence-electron chi connectivity index (χ3n) is 3.10. The van der Waals surface area contributed by atoms with E-state index in [1.807, 2.05) is 0 Å². The molecule has 0 saturated carbocycles. The molecule has 0 aliphatic carbocycles. The molecule has 0 saturated heterocycles. The van der Waals surface area contributed by atoms with Crippen LogP contribution < -0.4 is 5.32 Å². The fourth-order valence-corrected chi connectivity index (χ4v) is 1.98. The average Bonchev–Trinajstić information content (AvgIpc) is 3.05. The van der Waals surface area contributed by atoms with Gasteiger partial charge in [-0.1, -0.05) is 6.42 Å². The number of nitrogens with one attached hydrogen (secondary N) is 1. The molecule has 0 unspecified atom stereocenters. The van der Waals surface area contributed by atoms with Crippen LogP contribution in [0.5, 0.6) is 0 Å². The third-order valence-corrected chi connectivity index (χ3v) is 3.10. The minimum Gasteiger partial charge on any atom is -0.481 e. The molecule has 0 aliphatic rings. The van der Waals surface area contributed by atoms with Crippen molar-refractivity contribution in [2.45, 2.75) is 25.7 Å². The largest absolute Gasteiger partial charge is 0.481 e. The Balaban J connectivity index is 1.80. The lowest BCUT2D eigenvalue weighted by Gasteiger charge is -2.06. The standard InChI is InChI=1S/C15H18N4O3/c20-14(21)5-2-1-3-7-17-15(22)13-11-12(6-9-16-13)19-10-4-8-18-19/h4,6,8-11H,1-3,5,7H2,(H,17,22)(H,20,21). The van der Waals surface area contributed by atoms with Gasteiger partial charge in [0.25, 0.3) is 5.91 Å². The normalized spacial score (nSPS) is 10.4. The van der Waals surface area contributed by atoms with Crippen molar-refractivity contribution in [3.8, 4) is 5.69 Å². The Bertz CT molecular complexity index is 625. The van der Waals surface area contributed by atoms with Crippen LogP contribution in [0, 0.1) is 0 Å². The molecule has 0 fully saturated rings. The number of carbonyl (C=O) groups excluding carboxylic acids is 1. The summed E-state index contributed by atoms with van der Waals surface area (Å²) in [5.41, 5.74) is 1.10. The van der Waals surface area contributed by atoms with Gasteiger partial charge in [-0.25, -0.2) is 4.68 Å². The molecule has 0 spiro atoms. The van der Waals surface area contributed by atoms with Gasteiger partial charge in [-0.3, -0.25) is 14.6 Å². The highest BCUT2D eigenvalue weighted by atomic mass is 16.4. The number of nitrogens with zero attached hydrogens (tertiary/aromatic N) is 3. The quantitative estimate of drug-likeness (QED) is 0.722. The maximum Gasteiger partial charge on any atom is 0.303 e. The Morgan fingerprint density at radius 3 is 2.82 bits per heavy atom. The van der Waals surface area contributed by atoms with Crippen molar-refractivity contribution in [2.24, 2.45) is 0 Å². The van der Waals surface area contributed by atoms with E-state index in [9.17, 15) is 9.59 Å². The molecular weight excluding hydrogens is 284 g/mol. The second-order valence-electron chi connectivity index (χ2n) is 4.81. The summed E-state index contributed by atoms with van der Waals surface area (Å²) >= 11 is 0. The molecule has 2 heterocycles. The van der Waals surface area contributed by atoms with Crippen LogP contribution >= 0.6 is 0 Å². The number of amides is 1. The van der Waals surface area contributed by atoms with Crippen LogP contribution in [-0.2, 0) is 4.79 Å². The number of carboxylic acid groups (broad SMARTS) is 1. The van der Waals surface area contributed by atoms with Crippen molar-refractivity contribution >= 4 is 11.9 Å². The van der Waals surface area contributed by atoms with E-state index >= 15 is 0 Å². The van der Waals surface area contributed by atoms with E-state index in [4.69, 9.17) is 5.11 Å². The first-order valence-electron chi connectivity index (χ1n) is 7.13. The van der Waals surface area contributed by atoms with Crippen molar-refractivity contribution in [3.63, 3.8) is 0 Å². The monoisotopic (exact) mass is 302 g/mol. The summed E-state index contributed by atoms with van der Waals surface area (Å²) in [7, 11) is 0. The third kappa shape index (κ3) is 4.69. The van der Waals surface area contributed by atoms with E-state index in [-0.39, 0.29) is 12.3 Å². The van der Waals surface area contributed by atoms with Crippen molar-refractivity contribution in [1.29, 1.82) is 0 Å². The van der Waals surface area contributed by atoms with Gasteiger partial charge in [0, 0.05) is 31.6 Å². The summed E-state index contributed by atoms with van der Waals surface area (Å²) in [5.74, 6) is -1.03. The topological polar surface area (TPSA) is 97.1 Å². The molecule has 116 valence electrons. The zero-order valence-corrected chi connectivity index (χ0v) is 12.1. The molecule has 0 bridgehead atoms. The van der Waals surface area contributed by atoms with Crippen LogP contribution in [0.3, 0.4) is 0 Å². The van der Waals surface area contributed by atoms with Crippen LogP contribution in [0.15, 0.2) is 36.8 Å². The Hall–Kier alpha value is -2.70. The summed E-state index contributed by atoms with van der Waals surface area (Å²) in [4.78, 5) is 26.4. The van der Waals surface area contributed by atoms with Gasteiger partial charge in [0.2, 0.25) is 0 Å². The number of rotatable bonds is 8. The molecule has 7 nitrogen and oxygen atoms in total. The van der Waals surface area contributed by atoms with Gasteiger partial charge in [-0.2, -0.15) is 5.10 Å². The molecule has 0 aromatic carbocycles. The Morgan fingerprint density at radius 1 is 1.23 bits per heavy atom. The number of unbranched alkanes of at least 4 members (excludes halogenated alkanes) is 2. The fraction of sp³-hybridized carbons (Fsp3) is 0.333. The van der Waals surface area contributed by atoms with Gasteiger partial charge in [-0.15, -0.1) is 0 Å². The van der Waals surface area contributed by atoms with E-state index in [2.05, 4.69) is 15.4 Å². The molecule has 2 N–H and O–H groups in total. The second kappa shape index (κ2) is 7.92. The van der Waals surface area contributed by atoms with Gasteiger partial charge in [-0.05, 0) is 31.0 Å². The zero-order valence-electron chi connectivity index (χ0n) is 12.1. The number of hydrogen-bond donors (Lipinski definition) is 2. The Kier molecular flexibility index (Phi) is 5.65. The summed E-state index contributed by atoms with van der Waals surface area (Å²) in [6, 6.07) is 5.25. The lowest BCUT2D eigenvalue weighted by atomic mass is 10.2. The van der Waals surface area contributed by atoms with Crippen LogP contribution in [0.2, 0.25) is 0 Å². The van der Waals surface area contributed by atoms with Crippen LogP contribution in [0.25, 0.3) is 5.69 Å². The van der Waals surface area contributed by atoms with E-state index < -0.39 is 5.97 Å². The molecule has 7 heteroatoms. The predicted octanol–water partition coefficient (Wildman–Crippen LogP) is 1.64. The SMILES string of the molecule is O=C(O)CCCCCNC(=O)c1cc(-n2cccn2)ccn1. The maximum absolute atomic E-state index is 12.0. The second-order valence-corrected chi connectivity index (χ2v) is 4.81. The molecule has 0 aliphatic heterocycles. The van der Waals surface area contributed by atoms with Crippen molar-refractivity contribution in [3.05, 3.63) is 42.5 Å². The van der Waals surface area contributed by atoms with Crippen LogP contribution in [0.1, 0.15) is 36.2 Å². The predicted molar refractivity (Wildman–Crippen MR) is 79.8 cm³/mol. The van der Waals surface area contributed by atoms with Gasteiger partial charge < -0.3 is 10.4 Å². The highest BCUT2D eigenvalue weighted by molar-refractivity contribution is 5.92. The van der Waals surface area contributed by atoms with Crippen LogP contribution in [-0.4, -0.2) is 38.3 Å². The van der Waals surface area contributed by atoms with Gasteiger partial charge in [0.05, 0.1) is 5.69 Å². The molecular formula is C15H18N4O3. The van der Waals surface area contributed by atoms with Gasteiger partial charge in [0.1, 0.15) is 5.69 Å². The zero-order chi connectivity index (χ0) is 15.8. The minimum atomic E-state index is -0.788. The molecule has 2 aromatic rings. The molecule has 0 radical (unpaired) electrons. The number of carboxylic acids is 1. The van der Waals surface area contributed by atoms with Crippen molar-refractivity contribution < 1.29 is 14.7 Å². The van der Waals surface area contributed by atoms with Gasteiger partial charge >= 0.3 is 5.97 Å². The Morgan fingerprint density at radius 2 is 2.09 bits per heavy atom. The van der Waals surface area contributed by atoms with E-state index in [1.165, 1.54) is 0 Å². The fourth-order valence-electron chi connectivity index (χ4n) is 1.98. The smallest absolute Gasteiger partial charge is 0.303 e. The Labute approximate surface area is 128 Å². The summed E-state index contributed by atoms with van der Waals surface area (Å²) in [6.45, 7) is 0.506. The highest BCUT2D eigenvalue weighted by Gasteiger charge is 2.08. The maximum atomic E-state index is 12.0. The first-order chi connectivity index (χ1) is 10.7. The molecule has 2 aromatic heterocycles. The van der Waals surface area contributed by atoms with E-state index in [1.54, 1.807) is 41.5 Å². The molecule has 1 amide bonds. The van der Waals surface area contributed by atoms with Crippen LogP contribution in [0.4, 0.5) is 0 Å². The molecule has 2 rings (SSSR count). The number of aliphatic carboxylic acids is 1. The van der Waals surface area contributed by atoms with E-state index in [0.717, 1.165) is 18.5 Å². The summed E-state index contributed by atoms with van der Waals surface area (Å²) < 4.78 is 1.66. The number of pyridine rings is 1. The number of hydrogen-bond acceptors (Lipinski definition) is 4.